The molecular formula is C22H23N7O2. The molecule has 0 amide bonds. The number of aliphatic hydroxyl groups excluding tert-OH is 1. The lowest BCUT2D eigenvalue weighted by atomic mass is 10.2. The van der Waals surface area contributed by atoms with E-state index in [0.29, 0.717) is 10.9 Å². The molecule has 0 unspecified atom stereocenters. The van der Waals surface area contributed by atoms with Gasteiger partial charge in [0.1, 0.15) is 11.6 Å². The Morgan fingerprint density at radius 3 is 2.61 bits per heavy atom. The van der Waals surface area contributed by atoms with Gasteiger partial charge < -0.3 is 14.9 Å². The number of nitrogens with zero attached hydrogens (tertiary/aromatic N) is 7. The zero-order chi connectivity index (χ0) is 21.4. The lowest BCUT2D eigenvalue weighted by molar-refractivity contribution is 0.274. The molecule has 4 heterocycles. The maximum atomic E-state index is 12.5. The molecule has 31 heavy (non-hydrogen) atoms. The van der Waals surface area contributed by atoms with Gasteiger partial charge in [0.15, 0.2) is 0 Å². The fraction of sp³-hybridized carbons (Fsp3) is 0.318. The number of anilines is 2. The van der Waals surface area contributed by atoms with Gasteiger partial charge in [-0.2, -0.15) is 0 Å². The summed E-state index contributed by atoms with van der Waals surface area (Å²) >= 11 is 0. The fourth-order valence-corrected chi connectivity index (χ4v) is 4.11. The first-order valence-corrected chi connectivity index (χ1v) is 10.3. The van der Waals surface area contributed by atoms with E-state index in [1.807, 2.05) is 31.2 Å². The largest absolute Gasteiger partial charge is 0.395 e. The van der Waals surface area contributed by atoms with Crippen LogP contribution < -0.4 is 15.4 Å². The molecule has 0 saturated carbocycles. The Bertz CT molecular complexity index is 1310. The number of aliphatic hydroxyl groups is 1. The van der Waals surface area contributed by atoms with Crippen LogP contribution in [0.25, 0.3) is 21.8 Å². The number of piperazine rings is 1. The molecule has 1 aliphatic heterocycles. The Balaban J connectivity index is 1.38. The molecule has 1 N–H and O–H groups in total. The lowest BCUT2D eigenvalue weighted by Crippen LogP contribution is -2.47. The first-order chi connectivity index (χ1) is 15.1. The van der Waals surface area contributed by atoms with E-state index < -0.39 is 0 Å². The number of aromatic nitrogens is 5. The second-order valence-corrected chi connectivity index (χ2v) is 7.63. The summed E-state index contributed by atoms with van der Waals surface area (Å²) < 4.78 is 1.43. The van der Waals surface area contributed by atoms with Gasteiger partial charge in [-0.1, -0.05) is 0 Å². The van der Waals surface area contributed by atoms with Gasteiger partial charge in [-0.05, 0) is 31.2 Å². The highest BCUT2D eigenvalue weighted by Crippen LogP contribution is 2.26. The van der Waals surface area contributed by atoms with Crippen molar-refractivity contribution in [2.45, 2.75) is 13.5 Å². The SMILES string of the molecule is Cc1nc(N2CCN(c3ccc4c(=O)n(CCO)cnc4c3)CC2)c2ccncc2n1. The van der Waals surface area contributed by atoms with Gasteiger partial charge in [-0.15, -0.1) is 0 Å². The molecule has 1 fully saturated rings. The topological polar surface area (TPSA) is 100 Å². The predicted octanol–water partition coefficient (Wildman–Crippen LogP) is 1.36. The van der Waals surface area contributed by atoms with Crippen LogP contribution in [0.5, 0.6) is 0 Å². The molecular weight excluding hydrogens is 394 g/mol. The van der Waals surface area contributed by atoms with E-state index >= 15 is 0 Å². The smallest absolute Gasteiger partial charge is 0.261 e. The van der Waals surface area contributed by atoms with Gasteiger partial charge in [0.25, 0.3) is 5.56 Å². The number of pyridine rings is 1. The number of hydrogen-bond donors (Lipinski definition) is 1. The highest BCUT2D eigenvalue weighted by molar-refractivity contribution is 5.89. The van der Waals surface area contributed by atoms with Crippen molar-refractivity contribution >= 4 is 33.3 Å². The molecule has 0 atom stereocenters. The summed E-state index contributed by atoms with van der Waals surface area (Å²) in [6.45, 7) is 5.40. The molecule has 1 aromatic carbocycles. The average Bonchev–Trinajstić information content (AvgIpc) is 2.80. The first-order valence-electron chi connectivity index (χ1n) is 10.3. The Hall–Kier alpha value is -3.59. The van der Waals surface area contributed by atoms with Gasteiger partial charge in [0, 0.05) is 43.4 Å². The van der Waals surface area contributed by atoms with Crippen LogP contribution in [0.15, 0.2) is 47.8 Å². The van der Waals surface area contributed by atoms with Gasteiger partial charge in [-0.25, -0.2) is 15.0 Å². The van der Waals surface area contributed by atoms with Crippen molar-refractivity contribution in [3.63, 3.8) is 0 Å². The van der Waals surface area contributed by atoms with Crippen LogP contribution in [0.2, 0.25) is 0 Å². The molecule has 158 valence electrons. The molecule has 0 aliphatic carbocycles. The van der Waals surface area contributed by atoms with Crippen molar-refractivity contribution in [1.29, 1.82) is 0 Å². The van der Waals surface area contributed by atoms with Crippen molar-refractivity contribution in [3.8, 4) is 0 Å². The van der Waals surface area contributed by atoms with Crippen LogP contribution >= 0.6 is 0 Å². The summed E-state index contributed by atoms with van der Waals surface area (Å²) in [5.74, 6) is 1.69. The van der Waals surface area contributed by atoms with Crippen LogP contribution in [0.4, 0.5) is 11.5 Å². The minimum absolute atomic E-state index is 0.0902. The minimum Gasteiger partial charge on any atom is -0.395 e. The number of fused-ring (bicyclic) bond motifs is 2. The molecule has 0 radical (unpaired) electrons. The molecule has 0 bridgehead atoms. The predicted molar refractivity (Wildman–Crippen MR) is 120 cm³/mol. The van der Waals surface area contributed by atoms with Crippen molar-refractivity contribution in [1.82, 2.24) is 24.5 Å². The number of hydrogen-bond acceptors (Lipinski definition) is 8. The van der Waals surface area contributed by atoms with Crippen LogP contribution in [0, 0.1) is 6.92 Å². The van der Waals surface area contributed by atoms with E-state index in [4.69, 9.17) is 10.1 Å². The maximum Gasteiger partial charge on any atom is 0.261 e. The summed E-state index contributed by atoms with van der Waals surface area (Å²) in [5.41, 5.74) is 2.45. The molecule has 1 saturated heterocycles. The molecule has 0 spiro atoms. The molecule has 4 aromatic rings. The summed E-state index contributed by atoms with van der Waals surface area (Å²) in [4.78, 5) is 34.9. The number of aryl methyl sites for hydroxylation is 1. The van der Waals surface area contributed by atoms with Crippen LogP contribution in [0.1, 0.15) is 5.82 Å². The van der Waals surface area contributed by atoms with E-state index in [1.165, 1.54) is 10.9 Å². The van der Waals surface area contributed by atoms with E-state index in [-0.39, 0.29) is 18.7 Å². The molecule has 1 aliphatic rings. The first kappa shape index (κ1) is 19.4. The van der Waals surface area contributed by atoms with Crippen molar-refractivity contribution in [2.24, 2.45) is 0 Å². The zero-order valence-electron chi connectivity index (χ0n) is 17.3. The summed E-state index contributed by atoms with van der Waals surface area (Å²) in [6.07, 6.45) is 5.05. The summed E-state index contributed by atoms with van der Waals surface area (Å²) in [6, 6.07) is 7.73. The standard InChI is InChI=1S/C22H23N7O2/c1-15-25-20-13-23-5-4-17(20)21(26-15)28-8-6-27(7-9-28)16-2-3-18-19(12-16)24-14-29(10-11-30)22(18)31/h2-5,12-14,30H,6-11H2,1H3. The van der Waals surface area contributed by atoms with E-state index in [2.05, 4.69) is 24.8 Å². The van der Waals surface area contributed by atoms with Crippen LogP contribution in [0.3, 0.4) is 0 Å². The Labute approximate surface area is 178 Å². The van der Waals surface area contributed by atoms with Gasteiger partial charge in [-0.3, -0.25) is 14.3 Å². The summed E-state index contributed by atoms with van der Waals surface area (Å²) in [5, 5.41) is 10.7. The third kappa shape index (κ3) is 3.57. The van der Waals surface area contributed by atoms with E-state index in [0.717, 1.165) is 54.4 Å². The molecule has 9 heteroatoms. The third-order valence-corrected chi connectivity index (χ3v) is 5.68. The van der Waals surface area contributed by atoms with Gasteiger partial charge in [0.2, 0.25) is 0 Å². The quantitative estimate of drug-likeness (QED) is 0.531. The van der Waals surface area contributed by atoms with Gasteiger partial charge >= 0.3 is 0 Å². The van der Waals surface area contributed by atoms with Crippen LogP contribution in [-0.4, -0.2) is 62.4 Å². The highest BCUT2D eigenvalue weighted by atomic mass is 16.3. The monoisotopic (exact) mass is 417 g/mol. The fourth-order valence-electron chi connectivity index (χ4n) is 4.11. The normalized spacial score (nSPS) is 14.5. The Morgan fingerprint density at radius 2 is 1.81 bits per heavy atom. The van der Waals surface area contributed by atoms with Crippen LogP contribution in [-0.2, 0) is 6.54 Å². The number of benzene rings is 1. The number of rotatable bonds is 4. The van der Waals surface area contributed by atoms with Crippen molar-refractivity contribution in [2.75, 3.05) is 42.6 Å². The highest BCUT2D eigenvalue weighted by Gasteiger charge is 2.21. The lowest BCUT2D eigenvalue weighted by Gasteiger charge is -2.37. The van der Waals surface area contributed by atoms with E-state index in [1.54, 1.807) is 12.4 Å². The molecule has 5 rings (SSSR count). The second kappa shape index (κ2) is 7.92. The second-order valence-electron chi connectivity index (χ2n) is 7.63. The van der Waals surface area contributed by atoms with Crippen molar-refractivity contribution in [3.05, 3.63) is 59.2 Å². The Morgan fingerprint density at radius 1 is 1.00 bits per heavy atom. The average molecular weight is 417 g/mol. The molecule has 3 aromatic heterocycles. The van der Waals surface area contributed by atoms with E-state index in [9.17, 15) is 4.79 Å². The third-order valence-electron chi connectivity index (χ3n) is 5.68. The van der Waals surface area contributed by atoms with Crippen molar-refractivity contribution < 1.29 is 5.11 Å². The Kier molecular flexibility index (Phi) is 4.95. The minimum atomic E-state index is -0.129. The zero-order valence-corrected chi connectivity index (χ0v) is 17.3. The summed E-state index contributed by atoms with van der Waals surface area (Å²) in [7, 11) is 0. The maximum absolute atomic E-state index is 12.5. The molecule has 9 nitrogen and oxygen atoms in total. The van der Waals surface area contributed by atoms with Gasteiger partial charge in [0.05, 0.1) is 42.1 Å².